The first-order valence-electron chi connectivity index (χ1n) is 7.69. The van der Waals surface area contributed by atoms with Crippen molar-refractivity contribution in [2.45, 2.75) is 26.0 Å². The second kappa shape index (κ2) is 8.72. The van der Waals surface area contributed by atoms with Gasteiger partial charge in [-0.1, -0.05) is 42.5 Å². The average molecular weight is 327 g/mol. The largest absolute Gasteiger partial charge is 0.489 e. The standard InChI is InChI=1S/C19H21NO4/c1-14(21)20-18(12-19(22)23-2)16-8-10-17(11-9-16)24-13-15-6-4-3-5-7-15/h3-11,18H,12-13H2,1-2H3,(H,20,21)/t18-/m0/s1. The first kappa shape index (κ1) is 17.5. The molecule has 0 bridgehead atoms. The predicted molar refractivity (Wildman–Crippen MR) is 90.4 cm³/mol. The summed E-state index contributed by atoms with van der Waals surface area (Å²) in [5.41, 5.74) is 1.91. The fraction of sp³-hybridized carbons (Fsp3) is 0.263. The number of hydrogen-bond donors (Lipinski definition) is 1. The molecule has 0 aromatic heterocycles. The van der Waals surface area contributed by atoms with E-state index in [1.807, 2.05) is 54.6 Å². The Balaban J connectivity index is 2.02. The SMILES string of the molecule is COC(=O)C[C@H](NC(C)=O)c1ccc(OCc2ccccc2)cc1. The fourth-order valence-electron chi connectivity index (χ4n) is 2.28. The van der Waals surface area contributed by atoms with Crippen molar-refractivity contribution in [3.63, 3.8) is 0 Å². The third kappa shape index (κ3) is 5.43. The van der Waals surface area contributed by atoms with E-state index in [0.29, 0.717) is 6.61 Å². The molecule has 0 saturated heterocycles. The molecule has 1 amide bonds. The number of ether oxygens (including phenoxy) is 2. The first-order valence-corrected chi connectivity index (χ1v) is 7.69. The molecular weight excluding hydrogens is 306 g/mol. The Morgan fingerprint density at radius 1 is 1.04 bits per heavy atom. The number of methoxy groups -OCH3 is 1. The molecular formula is C19H21NO4. The highest BCUT2D eigenvalue weighted by atomic mass is 16.5. The van der Waals surface area contributed by atoms with Gasteiger partial charge in [-0.25, -0.2) is 0 Å². The van der Waals surface area contributed by atoms with Gasteiger partial charge in [0.25, 0.3) is 0 Å². The topological polar surface area (TPSA) is 64.6 Å². The Morgan fingerprint density at radius 3 is 2.29 bits per heavy atom. The number of amides is 1. The number of esters is 1. The van der Waals surface area contributed by atoms with Crippen molar-refractivity contribution >= 4 is 11.9 Å². The highest BCUT2D eigenvalue weighted by Gasteiger charge is 2.17. The van der Waals surface area contributed by atoms with E-state index >= 15 is 0 Å². The zero-order chi connectivity index (χ0) is 17.4. The molecule has 2 aromatic rings. The minimum absolute atomic E-state index is 0.0836. The molecule has 0 spiro atoms. The molecule has 2 aromatic carbocycles. The molecule has 0 radical (unpaired) electrons. The van der Waals surface area contributed by atoms with E-state index in [-0.39, 0.29) is 18.3 Å². The van der Waals surface area contributed by atoms with Crippen LogP contribution >= 0.6 is 0 Å². The zero-order valence-corrected chi connectivity index (χ0v) is 13.8. The van der Waals surface area contributed by atoms with Gasteiger partial charge in [-0.15, -0.1) is 0 Å². The molecule has 2 rings (SSSR count). The fourth-order valence-corrected chi connectivity index (χ4v) is 2.28. The molecule has 126 valence electrons. The van der Waals surface area contributed by atoms with Crippen molar-refractivity contribution in [1.29, 1.82) is 0 Å². The number of benzene rings is 2. The molecule has 0 heterocycles. The molecule has 0 aliphatic heterocycles. The second-order valence-corrected chi connectivity index (χ2v) is 5.38. The molecule has 1 N–H and O–H groups in total. The third-order valence-electron chi connectivity index (χ3n) is 3.51. The lowest BCUT2D eigenvalue weighted by Crippen LogP contribution is -2.28. The summed E-state index contributed by atoms with van der Waals surface area (Å²) in [7, 11) is 1.33. The van der Waals surface area contributed by atoms with Gasteiger partial charge < -0.3 is 14.8 Å². The third-order valence-corrected chi connectivity index (χ3v) is 3.51. The highest BCUT2D eigenvalue weighted by Crippen LogP contribution is 2.21. The summed E-state index contributed by atoms with van der Waals surface area (Å²) in [5.74, 6) is 0.147. The van der Waals surface area contributed by atoms with Gasteiger partial charge in [-0.2, -0.15) is 0 Å². The van der Waals surface area contributed by atoms with Crippen molar-refractivity contribution in [2.75, 3.05) is 7.11 Å². The van der Waals surface area contributed by atoms with Crippen LogP contribution in [0, 0.1) is 0 Å². The molecule has 24 heavy (non-hydrogen) atoms. The van der Waals surface area contributed by atoms with Crippen molar-refractivity contribution < 1.29 is 19.1 Å². The summed E-state index contributed by atoms with van der Waals surface area (Å²) < 4.78 is 10.4. The van der Waals surface area contributed by atoms with E-state index in [1.54, 1.807) is 0 Å². The monoisotopic (exact) mass is 327 g/mol. The molecule has 0 unspecified atom stereocenters. The van der Waals surface area contributed by atoms with Gasteiger partial charge in [0.05, 0.1) is 19.6 Å². The summed E-state index contributed by atoms with van der Waals surface area (Å²) >= 11 is 0. The van der Waals surface area contributed by atoms with Crippen LogP contribution in [0.5, 0.6) is 5.75 Å². The van der Waals surface area contributed by atoms with Crippen molar-refractivity contribution in [3.05, 3.63) is 65.7 Å². The number of carbonyl (C=O) groups excluding carboxylic acids is 2. The average Bonchev–Trinajstić information content (AvgIpc) is 2.60. The van der Waals surface area contributed by atoms with Gasteiger partial charge in [0, 0.05) is 6.92 Å². The van der Waals surface area contributed by atoms with E-state index in [9.17, 15) is 9.59 Å². The Labute approximate surface area is 141 Å². The van der Waals surface area contributed by atoms with E-state index < -0.39 is 6.04 Å². The Hall–Kier alpha value is -2.82. The van der Waals surface area contributed by atoms with Gasteiger partial charge in [-0.3, -0.25) is 9.59 Å². The zero-order valence-electron chi connectivity index (χ0n) is 13.8. The number of rotatable bonds is 7. The van der Waals surface area contributed by atoms with Crippen LogP contribution in [-0.2, 0) is 20.9 Å². The number of carbonyl (C=O) groups is 2. The lowest BCUT2D eigenvalue weighted by molar-refractivity contribution is -0.141. The van der Waals surface area contributed by atoms with Crippen LogP contribution in [0.3, 0.4) is 0 Å². The summed E-state index contributed by atoms with van der Waals surface area (Å²) in [4.78, 5) is 22.8. The first-order chi connectivity index (χ1) is 11.6. The van der Waals surface area contributed by atoms with Gasteiger partial charge in [-0.05, 0) is 23.3 Å². The maximum Gasteiger partial charge on any atom is 0.307 e. The van der Waals surface area contributed by atoms with Crippen LogP contribution in [0.1, 0.15) is 30.5 Å². The lowest BCUT2D eigenvalue weighted by atomic mass is 10.0. The maximum atomic E-state index is 11.5. The van der Waals surface area contributed by atoms with E-state index in [1.165, 1.54) is 14.0 Å². The second-order valence-electron chi connectivity index (χ2n) is 5.38. The van der Waals surface area contributed by atoms with E-state index in [0.717, 1.165) is 16.9 Å². The molecule has 0 fully saturated rings. The smallest absolute Gasteiger partial charge is 0.307 e. The quantitative estimate of drug-likeness (QED) is 0.794. The minimum atomic E-state index is -0.418. The minimum Gasteiger partial charge on any atom is -0.489 e. The maximum absolute atomic E-state index is 11.5. The summed E-state index contributed by atoms with van der Waals surface area (Å²) in [6.45, 7) is 1.90. The summed E-state index contributed by atoms with van der Waals surface area (Å²) in [6, 6.07) is 16.8. The molecule has 0 aliphatic rings. The molecule has 0 aliphatic carbocycles. The molecule has 1 atom stereocenters. The highest BCUT2D eigenvalue weighted by molar-refractivity contribution is 5.76. The van der Waals surface area contributed by atoms with Crippen LogP contribution in [0.4, 0.5) is 0 Å². The van der Waals surface area contributed by atoms with Crippen LogP contribution in [0.15, 0.2) is 54.6 Å². The molecule has 0 saturated carbocycles. The van der Waals surface area contributed by atoms with Gasteiger partial charge in [0.2, 0.25) is 5.91 Å². The Kier molecular flexibility index (Phi) is 6.37. The van der Waals surface area contributed by atoms with Crippen LogP contribution in [0.25, 0.3) is 0 Å². The van der Waals surface area contributed by atoms with Crippen LogP contribution in [0.2, 0.25) is 0 Å². The van der Waals surface area contributed by atoms with Crippen molar-refractivity contribution in [2.24, 2.45) is 0 Å². The molecule has 5 heteroatoms. The van der Waals surface area contributed by atoms with Gasteiger partial charge in [0.1, 0.15) is 12.4 Å². The van der Waals surface area contributed by atoms with Crippen LogP contribution < -0.4 is 10.1 Å². The number of hydrogen-bond acceptors (Lipinski definition) is 4. The van der Waals surface area contributed by atoms with E-state index in [2.05, 4.69) is 10.1 Å². The van der Waals surface area contributed by atoms with Crippen molar-refractivity contribution in [1.82, 2.24) is 5.32 Å². The summed E-state index contributed by atoms with van der Waals surface area (Å²) in [6.07, 6.45) is 0.0836. The van der Waals surface area contributed by atoms with Gasteiger partial charge in [0.15, 0.2) is 0 Å². The Morgan fingerprint density at radius 2 is 1.71 bits per heavy atom. The van der Waals surface area contributed by atoms with Gasteiger partial charge >= 0.3 is 5.97 Å². The van der Waals surface area contributed by atoms with Crippen LogP contribution in [-0.4, -0.2) is 19.0 Å². The summed E-state index contributed by atoms with van der Waals surface area (Å²) in [5, 5.41) is 2.76. The Bertz CT molecular complexity index is 668. The van der Waals surface area contributed by atoms with E-state index in [4.69, 9.17) is 4.74 Å². The predicted octanol–water partition coefficient (Wildman–Crippen LogP) is 3.01. The normalized spacial score (nSPS) is 11.4. The lowest BCUT2D eigenvalue weighted by Gasteiger charge is -2.17. The van der Waals surface area contributed by atoms with Crippen molar-refractivity contribution in [3.8, 4) is 5.75 Å². The molecule has 5 nitrogen and oxygen atoms in total. The number of nitrogens with one attached hydrogen (secondary N) is 1.